The van der Waals surface area contributed by atoms with Crippen molar-refractivity contribution in [1.82, 2.24) is 0 Å². The van der Waals surface area contributed by atoms with E-state index in [0.717, 1.165) is 18.3 Å². The molecule has 0 aliphatic heterocycles. The van der Waals surface area contributed by atoms with E-state index >= 15 is 0 Å². The highest BCUT2D eigenvalue weighted by Gasteiger charge is 2.01. The molecule has 0 amide bonds. The zero-order chi connectivity index (χ0) is 10.1. The van der Waals surface area contributed by atoms with Gasteiger partial charge in [-0.25, -0.2) is 0 Å². The molecule has 0 bridgehead atoms. The Bertz CT molecular complexity index is 99.3. The number of unbranched alkanes of at least 4 members (excludes halogenated alkanes) is 1. The van der Waals surface area contributed by atoms with Crippen molar-refractivity contribution in [3.05, 3.63) is 0 Å². The molecule has 0 spiro atoms. The van der Waals surface area contributed by atoms with Crippen LogP contribution in [-0.4, -0.2) is 11.7 Å². The fraction of sp³-hybridized carbons (Fsp3) is 1.00. The maximum Gasteiger partial charge on any atom is 0.0431 e. The third-order valence-corrected chi connectivity index (χ3v) is 2.58. The SMILES string of the molecule is CC(C)CCCCC(C)CCCO. The van der Waals surface area contributed by atoms with Crippen molar-refractivity contribution in [2.45, 2.75) is 59.3 Å². The van der Waals surface area contributed by atoms with E-state index in [1.807, 2.05) is 0 Å². The molecule has 80 valence electrons. The Morgan fingerprint density at radius 1 is 0.846 bits per heavy atom. The molecule has 0 aromatic heterocycles. The van der Waals surface area contributed by atoms with Gasteiger partial charge in [0.2, 0.25) is 0 Å². The van der Waals surface area contributed by atoms with Crippen molar-refractivity contribution < 1.29 is 5.11 Å². The molecule has 1 atom stereocenters. The van der Waals surface area contributed by atoms with E-state index in [-0.39, 0.29) is 0 Å². The fourth-order valence-corrected chi connectivity index (χ4v) is 1.63. The Balaban J connectivity index is 3.12. The van der Waals surface area contributed by atoms with E-state index in [4.69, 9.17) is 5.11 Å². The molecule has 1 nitrogen and oxygen atoms in total. The van der Waals surface area contributed by atoms with Crippen LogP contribution in [0.2, 0.25) is 0 Å². The number of rotatable bonds is 8. The van der Waals surface area contributed by atoms with Gasteiger partial charge in [-0.05, 0) is 24.7 Å². The molecule has 1 unspecified atom stereocenters. The molecule has 0 rings (SSSR count). The van der Waals surface area contributed by atoms with Gasteiger partial charge >= 0.3 is 0 Å². The van der Waals surface area contributed by atoms with Crippen LogP contribution in [0, 0.1) is 11.8 Å². The van der Waals surface area contributed by atoms with Crippen LogP contribution in [-0.2, 0) is 0 Å². The molecular weight excluding hydrogens is 160 g/mol. The van der Waals surface area contributed by atoms with E-state index in [1.54, 1.807) is 0 Å². The monoisotopic (exact) mass is 186 g/mol. The zero-order valence-electron chi connectivity index (χ0n) is 9.55. The van der Waals surface area contributed by atoms with Gasteiger partial charge in [-0.1, -0.05) is 46.5 Å². The molecule has 0 radical (unpaired) electrons. The maximum absolute atomic E-state index is 8.66. The first kappa shape index (κ1) is 13.0. The molecule has 13 heavy (non-hydrogen) atoms. The van der Waals surface area contributed by atoms with Crippen molar-refractivity contribution in [1.29, 1.82) is 0 Å². The lowest BCUT2D eigenvalue weighted by atomic mass is 9.97. The molecule has 0 aliphatic carbocycles. The topological polar surface area (TPSA) is 20.2 Å². The molecule has 0 aromatic carbocycles. The summed E-state index contributed by atoms with van der Waals surface area (Å²) in [5.74, 6) is 1.66. The van der Waals surface area contributed by atoms with Crippen LogP contribution in [0.25, 0.3) is 0 Å². The highest BCUT2D eigenvalue weighted by molar-refractivity contribution is 4.54. The van der Waals surface area contributed by atoms with Crippen LogP contribution in [0.4, 0.5) is 0 Å². The molecule has 0 fully saturated rings. The molecule has 1 heteroatoms. The fourth-order valence-electron chi connectivity index (χ4n) is 1.63. The van der Waals surface area contributed by atoms with Gasteiger partial charge in [0.25, 0.3) is 0 Å². The lowest BCUT2D eigenvalue weighted by molar-refractivity contribution is 0.270. The van der Waals surface area contributed by atoms with Gasteiger partial charge in [0.15, 0.2) is 0 Å². The minimum absolute atomic E-state index is 0.357. The lowest BCUT2D eigenvalue weighted by Crippen LogP contribution is -1.97. The number of aliphatic hydroxyl groups excluding tert-OH is 1. The van der Waals surface area contributed by atoms with Crippen LogP contribution >= 0.6 is 0 Å². The summed E-state index contributed by atoms with van der Waals surface area (Å²) >= 11 is 0. The highest BCUT2D eigenvalue weighted by Crippen LogP contribution is 2.16. The van der Waals surface area contributed by atoms with Gasteiger partial charge in [0.05, 0.1) is 0 Å². The van der Waals surface area contributed by atoms with Crippen LogP contribution in [0.15, 0.2) is 0 Å². The van der Waals surface area contributed by atoms with E-state index in [0.29, 0.717) is 6.61 Å². The summed E-state index contributed by atoms with van der Waals surface area (Å²) in [6.45, 7) is 7.23. The second kappa shape index (κ2) is 8.55. The maximum atomic E-state index is 8.66. The van der Waals surface area contributed by atoms with Crippen molar-refractivity contribution in [3.8, 4) is 0 Å². The molecule has 0 heterocycles. The second-order valence-electron chi connectivity index (χ2n) is 4.65. The summed E-state index contributed by atoms with van der Waals surface area (Å²) in [5, 5.41) is 8.66. The van der Waals surface area contributed by atoms with E-state index in [9.17, 15) is 0 Å². The summed E-state index contributed by atoms with van der Waals surface area (Å²) in [5.41, 5.74) is 0. The summed E-state index contributed by atoms with van der Waals surface area (Å²) in [7, 11) is 0. The van der Waals surface area contributed by atoms with Crippen LogP contribution in [0.5, 0.6) is 0 Å². The van der Waals surface area contributed by atoms with Crippen LogP contribution in [0.3, 0.4) is 0 Å². The Kier molecular flexibility index (Phi) is 8.53. The largest absolute Gasteiger partial charge is 0.396 e. The summed E-state index contributed by atoms with van der Waals surface area (Å²) in [6.07, 6.45) is 7.62. The predicted molar refractivity (Wildman–Crippen MR) is 58.8 cm³/mol. The van der Waals surface area contributed by atoms with Crippen molar-refractivity contribution in [3.63, 3.8) is 0 Å². The highest BCUT2D eigenvalue weighted by atomic mass is 16.2. The first-order valence-corrected chi connectivity index (χ1v) is 5.77. The minimum atomic E-state index is 0.357. The Hall–Kier alpha value is -0.0400. The van der Waals surface area contributed by atoms with E-state index < -0.39 is 0 Å². The Morgan fingerprint density at radius 3 is 1.92 bits per heavy atom. The summed E-state index contributed by atoms with van der Waals surface area (Å²) in [4.78, 5) is 0. The van der Waals surface area contributed by atoms with Gasteiger partial charge in [0, 0.05) is 6.61 Å². The number of aliphatic hydroxyl groups is 1. The van der Waals surface area contributed by atoms with Crippen molar-refractivity contribution in [2.75, 3.05) is 6.61 Å². The quantitative estimate of drug-likeness (QED) is 0.574. The standard InChI is InChI=1S/C12H26O/c1-11(2)7-4-5-8-12(3)9-6-10-13/h11-13H,4-10H2,1-3H3. The molecule has 0 aromatic rings. The van der Waals surface area contributed by atoms with E-state index in [2.05, 4.69) is 20.8 Å². The van der Waals surface area contributed by atoms with Gasteiger partial charge in [-0.15, -0.1) is 0 Å². The average Bonchev–Trinajstić information content (AvgIpc) is 2.08. The average molecular weight is 186 g/mol. The van der Waals surface area contributed by atoms with Crippen LogP contribution in [0.1, 0.15) is 59.3 Å². The molecule has 1 N–H and O–H groups in total. The molecular formula is C12H26O. The third-order valence-electron chi connectivity index (χ3n) is 2.58. The van der Waals surface area contributed by atoms with Gasteiger partial charge in [-0.2, -0.15) is 0 Å². The second-order valence-corrected chi connectivity index (χ2v) is 4.65. The zero-order valence-corrected chi connectivity index (χ0v) is 9.55. The van der Waals surface area contributed by atoms with E-state index in [1.165, 1.54) is 32.1 Å². The van der Waals surface area contributed by atoms with Gasteiger partial charge in [0.1, 0.15) is 0 Å². The normalized spacial score (nSPS) is 13.6. The summed E-state index contributed by atoms with van der Waals surface area (Å²) in [6, 6.07) is 0. The Morgan fingerprint density at radius 2 is 1.38 bits per heavy atom. The lowest BCUT2D eigenvalue weighted by Gasteiger charge is -2.10. The molecule has 0 aliphatic rings. The summed E-state index contributed by atoms with van der Waals surface area (Å²) < 4.78 is 0. The minimum Gasteiger partial charge on any atom is -0.396 e. The first-order valence-electron chi connectivity index (χ1n) is 5.77. The van der Waals surface area contributed by atoms with Gasteiger partial charge in [-0.3, -0.25) is 0 Å². The Labute approximate surface area is 83.5 Å². The van der Waals surface area contributed by atoms with Crippen molar-refractivity contribution in [2.24, 2.45) is 11.8 Å². The van der Waals surface area contributed by atoms with Crippen molar-refractivity contribution >= 4 is 0 Å². The number of hydrogen-bond acceptors (Lipinski definition) is 1. The first-order chi connectivity index (χ1) is 6.16. The molecule has 0 saturated carbocycles. The molecule has 0 saturated heterocycles. The predicted octanol–water partition coefficient (Wildman–Crippen LogP) is 3.61. The van der Waals surface area contributed by atoms with Gasteiger partial charge < -0.3 is 5.11 Å². The smallest absolute Gasteiger partial charge is 0.0431 e. The van der Waals surface area contributed by atoms with Crippen LogP contribution < -0.4 is 0 Å². The number of hydrogen-bond donors (Lipinski definition) is 1. The third kappa shape index (κ3) is 9.88.